The molecule has 5 aromatic rings. The Morgan fingerprint density at radius 3 is 1.51 bits per heavy atom. The Kier molecular flexibility index (Phi) is 5.06. The van der Waals surface area contributed by atoms with Gasteiger partial charge in [-0.2, -0.15) is 0 Å². The minimum atomic E-state index is -0.365. The molecule has 35 heavy (non-hydrogen) atoms. The van der Waals surface area contributed by atoms with E-state index < -0.39 is 0 Å². The maximum absolute atomic E-state index is 6.27. The molecule has 0 radical (unpaired) electrons. The first-order valence-electron chi connectivity index (χ1n) is 12.2. The van der Waals surface area contributed by atoms with Gasteiger partial charge in [-0.3, -0.25) is 4.98 Å². The smallest absolute Gasteiger partial charge is 0.399 e. The zero-order valence-electron chi connectivity index (χ0n) is 20.6. The van der Waals surface area contributed by atoms with Crippen LogP contribution in [0, 0.1) is 0 Å². The van der Waals surface area contributed by atoms with Crippen molar-refractivity contribution >= 4 is 34.1 Å². The number of aromatic nitrogens is 1. The number of pyridine rings is 1. The van der Waals surface area contributed by atoms with Gasteiger partial charge in [0.25, 0.3) is 0 Å². The van der Waals surface area contributed by atoms with Gasteiger partial charge in [0.15, 0.2) is 0 Å². The molecule has 1 aromatic heterocycles. The number of hydrogen-bond acceptors (Lipinski definition) is 3. The van der Waals surface area contributed by atoms with E-state index in [0.29, 0.717) is 0 Å². The minimum Gasteiger partial charge on any atom is -0.399 e. The van der Waals surface area contributed by atoms with Crippen molar-refractivity contribution in [3.05, 3.63) is 97.3 Å². The van der Waals surface area contributed by atoms with E-state index in [9.17, 15) is 0 Å². The Labute approximate surface area is 206 Å². The monoisotopic (exact) mass is 457 g/mol. The Morgan fingerprint density at radius 1 is 0.571 bits per heavy atom. The van der Waals surface area contributed by atoms with Crippen molar-refractivity contribution in [1.82, 2.24) is 4.98 Å². The van der Waals surface area contributed by atoms with Crippen LogP contribution in [-0.4, -0.2) is 23.3 Å². The van der Waals surface area contributed by atoms with Crippen molar-refractivity contribution in [2.75, 3.05) is 0 Å². The summed E-state index contributed by atoms with van der Waals surface area (Å²) in [5.74, 6) is 0. The molecule has 2 heterocycles. The van der Waals surface area contributed by atoms with Crippen molar-refractivity contribution < 1.29 is 9.31 Å². The Balaban J connectivity index is 1.53. The summed E-state index contributed by atoms with van der Waals surface area (Å²) in [6.07, 6.45) is 3.77. The Hall–Kier alpha value is -3.47. The highest BCUT2D eigenvalue weighted by molar-refractivity contribution is 6.62. The standard InChI is InChI=1S/C31H28BNO2/c1-30(2)31(3,4)35-32(34-30)23-17-15-21(16-18-23)28-24-11-5-7-13-26(24)29(22-10-9-19-33-20-22)27-14-8-6-12-25(27)28/h5-20H,1-4H3. The summed E-state index contributed by atoms with van der Waals surface area (Å²) in [6.45, 7) is 8.35. The maximum atomic E-state index is 6.27. The lowest BCUT2D eigenvalue weighted by molar-refractivity contribution is 0.00578. The van der Waals surface area contributed by atoms with Crippen molar-refractivity contribution in [1.29, 1.82) is 0 Å². The van der Waals surface area contributed by atoms with E-state index in [2.05, 4.69) is 112 Å². The number of benzene rings is 4. The zero-order valence-corrected chi connectivity index (χ0v) is 20.6. The topological polar surface area (TPSA) is 31.4 Å². The molecule has 0 spiro atoms. The minimum absolute atomic E-state index is 0.356. The van der Waals surface area contributed by atoms with Crippen LogP contribution >= 0.6 is 0 Å². The average Bonchev–Trinajstić information content (AvgIpc) is 3.09. The molecule has 1 aliphatic heterocycles. The summed E-state index contributed by atoms with van der Waals surface area (Å²) in [5, 5.41) is 4.91. The van der Waals surface area contributed by atoms with Gasteiger partial charge in [0, 0.05) is 18.0 Å². The molecule has 0 aliphatic carbocycles. The van der Waals surface area contributed by atoms with Gasteiger partial charge in [-0.05, 0) is 77.5 Å². The largest absolute Gasteiger partial charge is 0.494 e. The summed E-state index contributed by atoms with van der Waals surface area (Å²) < 4.78 is 12.5. The van der Waals surface area contributed by atoms with E-state index in [4.69, 9.17) is 9.31 Å². The van der Waals surface area contributed by atoms with Crippen LogP contribution in [0.25, 0.3) is 43.8 Å². The van der Waals surface area contributed by atoms with Crippen LogP contribution in [-0.2, 0) is 9.31 Å². The third kappa shape index (κ3) is 3.56. The molecule has 0 amide bonds. The molecule has 0 saturated carbocycles. The van der Waals surface area contributed by atoms with Crippen LogP contribution in [0.5, 0.6) is 0 Å². The highest BCUT2D eigenvalue weighted by atomic mass is 16.7. The van der Waals surface area contributed by atoms with Gasteiger partial charge < -0.3 is 9.31 Å². The predicted octanol–water partition coefficient (Wildman–Crippen LogP) is 7.02. The molecular formula is C31H28BNO2. The number of nitrogens with zero attached hydrogens (tertiary/aromatic N) is 1. The average molecular weight is 457 g/mol. The summed E-state index contributed by atoms with van der Waals surface area (Å²) >= 11 is 0. The highest BCUT2D eigenvalue weighted by Crippen LogP contribution is 2.43. The third-order valence-corrected chi connectivity index (χ3v) is 7.61. The van der Waals surface area contributed by atoms with Crippen molar-refractivity contribution in [3.63, 3.8) is 0 Å². The summed E-state index contributed by atoms with van der Waals surface area (Å²) in [4.78, 5) is 4.40. The Morgan fingerprint density at radius 2 is 1.06 bits per heavy atom. The van der Waals surface area contributed by atoms with E-state index in [1.54, 1.807) is 0 Å². The van der Waals surface area contributed by atoms with E-state index >= 15 is 0 Å². The molecule has 4 heteroatoms. The molecular weight excluding hydrogens is 429 g/mol. The molecule has 0 atom stereocenters. The lowest BCUT2D eigenvalue weighted by Crippen LogP contribution is -2.41. The van der Waals surface area contributed by atoms with Gasteiger partial charge in [0.05, 0.1) is 11.2 Å². The first-order valence-corrected chi connectivity index (χ1v) is 12.2. The van der Waals surface area contributed by atoms with Crippen LogP contribution in [0.4, 0.5) is 0 Å². The lowest BCUT2D eigenvalue weighted by Gasteiger charge is -2.32. The van der Waals surface area contributed by atoms with Crippen molar-refractivity contribution in [2.45, 2.75) is 38.9 Å². The second-order valence-corrected chi connectivity index (χ2v) is 10.3. The second kappa shape index (κ2) is 8.05. The van der Waals surface area contributed by atoms with Gasteiger partial charge in [0.1, 0.15) is 0 Å². The summed E-state index contributed by atoms with van der Waals surface area (Å²) in [5.41, 5.74) is 5.09. The fourth-order valence-electron chi connectivity index (χ4n) is 5.05. The number of rotatable bonds is 3. The molecule has 0 bridgehead atoms. The van der Waals surface area contributed by atoms with E-state index in [1.807, 2.05) is 18.5 Å². The van der Waals surface area contributed by atoms with Crippen molar-refractivity contribution in [2.24, 2.45) is 0 Å². The van der Waals surface area contributed by atoms with Crippen LogP contribution in [0.3, 0.4) is 0 Å². The van der Waals surface area contributed by atoms with E-state index in [0.717, 1.165) is 11.0 Å². The van der Waals surface area contributed by atoms with E-state index in [1.165, 1.54) is 38.2 Å². The van der Waals surface area contributed by atoms with Crippen LogP contribution in [0.1, 0.15) is 27.7 Å². The fourth-order valence-corrected chi connectivity index (χ4v) is 5.05. The number of hydrogen-bond donors (Lipinski definition) is 0. The SMILES string of the molecule is CC1(C)OB(c2ccc(-c3c4ccccc4c(-c4cccnc4)c4ccccc34)cc2)OC1(C)C. The van der Waals surface area contributed by atoms with Gasteiger partial charge in [-0.15, -0.1) is 0 Å². The van der Waals surface area contributed by atoms with Crippen LogP contribution in [0.2, 0.25) is 0 Å². The van der Waals surface area contributed by atoms with Gasteiger partial charge >= 0.3 is 7.12 Å². The molecule has 4 aromatic carbocycles. The molecule has 3 nitrogen and oxygen atoms in total. The first-order chi connectivity index (χ1) is 16.9. The third-order valence-electron chi connectivity index (χ3n) is 7.61. The fraction of sp³-hybridized carbons (Fsp3) is 0.194. The van der Waals surface area contributed by atoms with Gasteiger partial charge in [-0.1, -0.05) is 78.9 Å². The maximum Gasteiger partial charge on any atom is 0.494 e. The molecule has 1 saturated heterocycles. The zero-order chi connectivity index (χ0) is 24.2. The molecule has 1 aliphatic rings. The number of fused-ring (bicyclic) bond motifs is 2. The van der Waals surface area contributed by atoms with Crippen LogP contribution in [0.15, 0.2) is 97.3 Å². The predicted molar refractivity (Wildman–Crippen MR) is 146 cm³/mol. The van der Waals surface area contributed by atoms with Gasteiger partial charge in [-0.25, -0.2) is 0 Å². The quantitative estimate of drug-likeness (QED) is 0.216. The molecule has 6 rings (SSSR count). The second-order valence-electron chi connectivity index (χ2n) is 10.3. The lowest BCUT2D eigenvalue weighted by atomic mass is 9.78. The summed E-state index contributed by atoms with van der Waals surface area (Å²) in [7, 11) is -0.365. The normalized spacial score (nSPS) is 16.7. The van der Waals surface area contributed by atoms with Gasteiger partial charge in [0.2, 0.25) is 0 Å². The molecule has 172 valence electrons. The first kappa shape index (κ1) is 22.0. The molecule has 0 unspecified atom stereocenters. The summed E-state index contributed by atoms with van der Waals surface area (Å²) in [6, 6.07) is 30.1. The highest BCUT2D eigenvalue weighted by Gasteiger charge is 2.51. The van der Waals surface area contributed by atoms with Crippen molar-refractivity contribution in [3.8, 4) is 22.3 Å². The molecule has 0 N–H and O–H groups in total. The van der Waals surface area contributed by atoms with E-state index in [-0.39, 0.29) is 18.3 Å². The van der Waals surface area contributed by atoms with Crippen LogP contribution < -0.4 is 5.46 Å². The molecule has 1 fully saturated rings. The Bertz CT molecular complexity index is 1470.